The zero-order chi connectivity index (χ0) is 13.7. The van der Waals surface area contributed by atoms with E-state index >= 15 is 0 Å². The van der Waals surface area contributed by atoms with Gasteiger partial charge in [-0.2, -0.15) is 0 Å². The highest BCUT2D eigenvalue weighted by Crippen LogP contribution is 2.20. The summed E-state index contributed by atoms with van der Waals surface area (Å²) in [5.74, 6) is 0.770. The topological polar surface area (TPSA) is 58.4 Å². The largest absolute Gasteiger partial charge is 0.319 e. The molecule has 0 aromatic heterocycles. The Balaban J connectivity index is 0.00000200. The van der Waals surface area contributed by atoms with E-state index in [1.807, 2.05) is 13.1 Å². The highest BCUT2D eigenvalue weighted by Gasteiger charge is 2.19. The third kappa shape index (κ3) is 4.74. The quantitative estimate of drug-likeness (QED) is 0.670. The maximum atomic E-state index is 10.7. The van der Waals surface area contributed by atoms with E-state index in [1.165, 1.54) is 12.8 Å². The molecular weight excluding hydrogens is 278 g/mol. The molecule has 1 heterocycles. The molecule has 0 unspecified atom stereocenters. The van der Waals surface area contributed by atoms with Crippen molar-refractivity contribution >= 4 is 18.1 Å². The number of likely N-dealkylation sites (tertiary alicyclic amines) is 1. The van der Waals surface area contributed by atoms with E-state index in [1.54, 1.807) is 18.2 Å². The first-order valence-corrected chi connectivity index (χ1v) is 6.79. The summed E-state index contributed by atoms with van der Waals surface area (Å²) in [5, 5.41) is 14.0. The van der Waals surface area contributed by atoms with Gasteiger partial charge in [0.1, 0.15) is 0 Å². The summed E-state index contributed by atoms with van der Waals surface area (Å²) in [4.78, 5) is 12.8. The summed E-state index contributed by atoms with van der Waals surface area (Å²) in [6.07, 6.45) is 2.41. The number of hydrogen-bond acceptors (Lipinski definition) is 4. The number of nitrogens with zero attached hydrogens (tertiary/aromatic N) is 2. The van der Waals surface area contributed by atoms with Gasteiger partial charge in [0.2, 0.25) is 0 Å². The molecule has 1 aliphatic heterocycles. The fourth-order valence-electron chi connectivity index (χ4n) is 2.66. The van der Waals surface area contributed by atoms with Gasteiger partial charge in [-0.05, 0) is 51.0 Å². The Hall–Kier alpha value is -1.17. The molecule has 1 N–H and O–H groups in total. The van der Waals surface area contributed by atoms with Crippen molar-refractivity contribution in [1.82, 2.24) is 10.2 Å². The predicted octanol–water partition coefficient (Wildman–Crippen LogP) is 2.45. The number of nitro benzene ring substituents is 1. The standard InChI is InChI=1S/C14H21N3O2.ClH/c1-15-10-12-5-7-16(8-6-12)11-13-3-2-4-14(9-13)17(18)19;/h2-4,9,12,15H,5-8,10-11H2,1H3;1H. The van der Waals surface area contributed by atoms with Crippen LogP contribution in [0.2, 0.25) is 0 Å². The Labute approximate surface area is 125 Å². The van der Waals surface area contributed by atoms with Crippen LogP contribution in [0.15, 0.2) is 24.3 Å². The van der Waals surface area contributed by atoms with Crippen LogP contribution in [0.1, 0.15) is 18.4 Å². The van der Waals surface area contributed by atoms with E-state index < -0.39 is 0 Å². The third-order valence-electron chi connectivity index (χ3n) is 3.73. The van der Waals surface area contributed by atoms with Crippen molar-refractivity contribution in [2.24, 2.45) is 5.92 Å². The first-order valence-electron chi connectivity index (χ1n) is 6.79. The minimum atomic E-state index is -0.331. The molecule has 0 saturated carbocycles. The van der Waals surface area contributed by atoms with Crippen LogP contribution in [-0.2, 0) is 6.54 Å². The van der Waals surface area contributed by atoms with Gasteiger partial charge in [-0.15, -0.1) is 12.4 Å². The van der Waals surface area contributed by atoms with E-state index in [0.717, 1.165) is 37.7 Å². The molecule has 1 aromatic rings. The fraction of sp³-hybridized carbons (Fsp3) is 0.571. The van der Waals surface area contributed by atoms with Crippen LogP contribution in [0, 0.1) is 16.0 Å². The minimum absolute atomic E-state index is 0. The Morgan fingerprint density at radius 2 is 2.10 bits per heavy atom. The van der Waals surface area contributed by atoms with Crippen LogP contribution in [0.3, 0.4) is 0 Å². The average molecular weight is 300 g/mol. The summed E-state index contributed by atoms with van der Waals surface area (Å²) in [6.45, 7) is 4.06. The summed E-state index contributed by atoms with van der Waals surface area (Å²) in [6, 6.07) is 6.95. The smallest absolute Gasteiger partial charge is 0.269 e. The van der Waals surface area contributed by atoms with E-state index in [4.69, 9.17) is 0 Å². The van der Waals surface area contributed by atoms with Gasteiger partial charge in [-0.1, -0.05) is 12.1 Å². The van der Waals surface area contributed by atoms with Gasteiger partial charge >= 0.3 is 0 Å². The molecule has 112 valence electrons. The lowest BCUT2D eigenvalue weighted by Gasteiger charge is -2.31. The van der Waals surface area contributed by atoms with Gasteiger partial charge in [0.25, 0.3) is 5.69 Å². The second-order valence-corrected chi connectivity index (χ2v) is 5.20. The summed E-state index contributed by atoms with van der Waals surface area (Å²) in [5.41, 5.74) is 1.21. The molecule has 0 amide bonds. The van der Waals surface area contributed by atoms with E-state index in [-0.39, 0.29) is 23.0 Å². The molecular formula is C14H22ClN3O2. The highest BCUT2D eigenvalue weighted by molar-refractivity contribution is 5.85. The van der Waals surface area contributed by atoms with E-state index in [9.17, 15) is 10.1 Å². The van der Waals surface area contributed by atoms with E-state index in [0.29, 0.717) is 0 Å². The number of nitro groups is 1. The Morgan fingerprint density at radius 1 is 1.40 bits per heavy atom. The molecule has 1 saturated heterocycles. The summed E-state index contributed by atoms with van der Waals surface area (Å²) >= 11 is 0. The molecule has 0 spiro atoms. The molecule has 1 fully saturated rings. The number of halogens is 1. The van der Waals surface area contributed by atoms with Crippen molar-refractivity contribution in [3.8, 4) is 0 Å². The number of hydrogen-bond donors (Lipinski definition) is 1. The molecule has 0 bridgehead atoms. The van der Waals surface area contributed by atoms with Gasteiger partial charge in [-0.25, -0.2) is 0 Å². The number of non-ortho nitro benzene ring substituents is 1. The molecule has 6 heteroatoms. The molecule has 0 aliphatic carbocycles. The van der Waals surface area contributed by atoms with Crippen LogP contribution in [0.5, 0.6) is 0 Å². The Kier molecular flexibility index (Phi) is 6.91. The van der Waals surface area contributed by atoms with Crippen molar-refractivity contribution in [3.05, 3.63) is 39.9 Å². The fourth-order valence-corrected chi connectivity index (χ4v) is 2.66. The number of benzene rings is 1. The van der Waals surface area contributed by atoms with Gasteiger partial charge in [-0.3, -0.25) is 15.0 Å². The zero-order valence-corrected chi connectivity index (χ0v) is 12.6. The molecule has 0 radical (unpaired) electrons. The molecule has 0 atom stereocenters. The van der Waals surface area contributed by atoms with Gasteiger partial charge in [0.15, 0.2) is 0 Å². The van der Waals surface area contributed by atoms with Crippen molar-refractivity contribution in [3.63, 3.8) is 0 Å². The van der Waals surface area contributed by atoms with Crippen molar-refractivity contribution < 1.29 is 4.92 Å². The molecule has 5 nitrogen and oxygen atoms in total. The van der Waals surface area contributed by atoms with Crippen LogP contribution < -0.4 is 5.32 Å². The van der Waals surface area contributed by atoms with Crippen LogP contribution in [0.25, 0.3) is 0 Å². The second-order valence-electron chi connectivity index (χ2n) is 5.20. The summed E-state index contributed by atoms with van der Waals surface area (Å²) < 4.78 is 0. The lowest BCUT2D eigenvalue weighted by molar-refractivity contribution is -0.384. The first-order chi connectivity index (χ1) is 9.19. The molecule has 2 rings (SSSR count). The SMILES string of the molecule is CNCC1CCN(Cc2cccc([N+](=O)[O-])c2)CC1.Cl. The monoisotopic (exact) mass is 299 g/mol. The molecule has 1 aromatic carbocycles. The maximum absolute atomic E-state index is 10.7. The second kappa shape index (κ2) is 8.19. The normalized spacial score (nSPS) is 16.6. The van der Waals surface area contributed by atoms with Crippen molar-refractivity contribution in [1.29, 1.82) is 0 Å². The average Bonchev–Trinajstić information content (AvgIpc) is 2.42. The highest BCUT2D eigenvalue weighted by atomic mass is 35.5. The lowest BCUT2D eigenvalue weighted by atomic mass is 9.96. The van der Waals surface area contributed by atoms with E-state index in [2.05, 4.69) is 10.2 Å². The van der Waals surface area contributed by atoms with Crippen LogP contribution >= 0.6 is 12.4 Å². The number of nitrogens with one attached hydrogen (secondary N) is 1. The molecule has 1 aliphatic rings. The Morgan fingerprint density at radius 3 is 2.70 bits per heavy atom. The van der Waals surface area contributed by atoms with Gasteiger partial charge in [0, 0.05) is 18.7 Å². The predicted molar refractivity (Wildman–Crippen MR) is 82.3 cm³/mol. The first kappa shape index (κ1) is 16.9. The number of piperidine rings is 1. The van der Waals surface area contributed by atoms with Gasteiger partial charge < -0.3 is 5.32 Å². The van der Waals surface area contributed by atoms with Gasteiger partial charge in [0.05, 0.1) is 4.92 Å². The molecule has 20 heavy (non-hydrogen) atoms. The van der Waals surface area contributed by atoms with Crippen molar-refractivity contribution in [2.45, 2.75) is 19.4 Å². The third-order valence-corrected chi connectivity index (χ3v) is 3.73. The Bertz CT molecular complexity index is 434. The number of rotatable bonds is 5. The van der Waals surface area contributed by atoms with Crippen molar-refractivity contribution in [2.75, 3.05) is 26.7 Å². The zero-order valence-electron chi connectivity index (χ0n) is 11.7. The van der Waals surface area contributed by atoms with Crippen LogP contribution in [-0.4, -0.2) is 36.5 Å². The van der Waals surface area contributed by atoms with Crippen LogP contribution in [0.4, 0.5) is 5.69 Å². The summed E-state index contributed by atoms with van der Waals surface area (Å²) in [7, 11) is 2.00. The maximum Gasteiger partial charge on any atom is 0.269 e. The lowest BCUT2D eigenvalue weighted by Crippen LogP contribution is -2.36. The minimum Gasteiger partial charge on any atom is -0.319 e.